The third-order valence-electron chi connectivity index (χ3n) is 4.68. The number of benzene rings is 1. The summed E-state index contributed by atoms with van der Waals surface area (Å²) in [5, 5.41) is 0. The normalized spacial score (nSPS) is 26.4. The van der Waals surface area contributed by atoms with Gasteiger partial charge in [0.25, 0.3) is 0 Å². The number of hydrogen-bond acceptors (Lipinski definition) is 3. The summed E-state index contributed by atoms with van der Waals surface area (Å²) in [6.07, 6.45) is 2.20. The molecule has 0 aromatic heterocycles. The molecule has 0 aliphatic carbocycles. The van der Waals surface area contributed by atoms with Crippen LogP contribution in [0.25, 0.3) is 0 Å². The van der Waals surface area contributed by atoms with E-state index >= 15 is 0 Å². The second-order valence-electron chi connectivity index (χ2n) is 6.53. The van der Waals surface area contributed by atoms with Gasteiger partial charge in [0.1, 0.15) is 5.75 Å². The molecule has 3 unspecified atom stereocenters. The quantitative estimate of drug-likeness (QED) is 0.898. The van der Waals surface area contributed by atoms with Crippen LogP contribution in [0.5, 0.6) is 5.75 Å². The molecule has 1 aromatic rings. The van der Waals surface area contributed by atoms with Crippen molar-refractivity contribution in [3.05, 3.63) is 29.8 Å². The average molecular weight is 276 g/mol. The minimum atomic E-state index is -0.00118. The van der Waals surface area contributed by atoms with Crippen LogP contribution in [0.2, 0.25) is 0 Å². The first-order chi connectivity index (χ1) is 9.50. The van der Waals surface area contributed by atoms with Crippen LogP contribution in [0, 0.1) is 5.92 Å². The Morgan fingerprint density at radius 1 is 1.35 bits per heavy atom. The lowest BCUT2D eigenvalue weighted by atomic mass is 9.90. The molecule has 0 radical (unpaired) electrons. The standard InChI is InChI=1S/C17H28N2O/c1-13-9-14(2)19(11-13)17(3,12-18)10-15-7-5-6-8-16(15)20-4/h5-8,13-14H,9-12,18H2,1-4H3. The fraction of sp³-hybridized carbons (Fsp3) is 0.647. The minimum Gasteiger partial charge on any atom is -0.496 e. The van der Waals surface area contributed by atoms with Gasteiger partial charge in [0.15, 0.2) is 0 Å². The molecule has 1 aliphatic heterocycles. The topological polar surface area (TPSA) is 38.5 Å². The molecular formula is C17H28N2O. The molecule has 112 valence electrons. The molecule has 1 fully saturated rings. The number of hydrogen-bond donors (Lipinski definition) is 1. The van der Waals surface area contributed by atoms with E-state index in [2.05, 4.69) is 37.8 Å². The number of nitrogens with two attached hydrogens (primary N) is 1. The Hall–Kier alpha value is -1.06. The Balaban J connectivity index is 2.23. The third kappa shape index (κ3) is 2.99. The van der Waals surface area contributed by atoms with Gasteiger partial charge in [-0.1, -0.05) is 25.1 Å². The molecule has 1 aromatic carbocycles. The Labute approximate surface area is 123 Å². The number of likely N-dealkylation sites (tertiary alicyclic amines) is 1. The van der Waals surface area contributed by atoms with Gasteiger partial charge in [-0.05, 0) is 44.2 Å². The highest BCUT2D eigenvalue weighted by Crippen LogP contribution is 2.33. The fourth-order valence-corrected chi connectivity index (χ4v) is 3.60. The first-order valence-electron chi connectivity index (χ1n) is 7.59. The van der Waals surface area contributed by atoms with Crippen molar-refractivity contribution in [2.75, 3.05) is 20.2 Å². The van der Waals surface area contributed by atoms with Gasteiger partial charge in [-0.3, -0.25) is 4.90 Å². The SMILES string of the molecule is COc1ccccc1CC(C)(CN)N1CC(C)CC1C. The van der Waals surface area contributed by atoms with Crippen LogP contribution in [0.15, 0.2) is 24.3 Å². The van der Waals surface area contributed by atoms with Gasteiger partial charge in [0, 0.05) is 24.7 Å². The molecule has 2 rings (SSSR count). The lowest BCUT2D eigenvalue weighted by molar-refractivity contribution is 0.100. The summed E-state index contributed by atoms with van der Waals surface area (Å²) >= 11 is 0. The number of methoxy groups -OCH3 is 1. The minimum absolute atomic E-state index is 0.00118. The predicted molar refractivity (Wildman–Crippen MR) is 84.1 cm³/mol. The van der Waals surface area contributed by atoms with Gasteiger partial charge in [-0.25, -0.2) is 0 Å². The highest BCUT2D eigenvalue weighted by Gasteiger charge is 2.39. The van der Waals surface area contributed by atoms with Crippen molar-refractivity contribution in [1.82, 2.24) is 4.90 Å². The molecule has 0 bridgehead atoms. The van der Waals surface area contributed by atoms with E-state index < -0.39 is 0 Å². The number of nitrogens with zero attached hydrogens (tertiary/aromatic N) is 1. The van der Waals surface area contributed by atoms with E-state index in [1.807, 2.05) is 12.1 Å². The van der Waals surface area contributed by atoms with Gasteiger partial charge in [-0.2, -0.15) is 0 Å². The van der Waals surface area contributed by atoms with E-state index in [4.69, 9.17) is 10.5 Å². The van der Waals surface area contributed by atoms with Crippen molar-refractivity contribution in [3.8, 4) is 5.75 Å². The van der Waals surface area contributed by atoms with Gasteiger partial charge in [0.05, 0.1) is 7.11 Å². The van der Waals surface area contributed by atoms with Gasteiger partial charge >= 0.3 is 0 Å². The zero-order valence-electron chi connectivity index (χ0n) is 13.2. The molecule has 3 atom stereocenters. The number of rotatable bonds is 5. The first-order valence-corrected chi connectivity index (χ1v) is 7.59. The largest absolute Gasteiger partial charge is 0.496 e. The van der Waals surface area contributed by atoms with Crippen molar-refractivity contribution >= 4 is 0 Å². The van der Waals surface area contributed by atoms with Crippen molar-refractivity contribution in [3.63, 3.8) is 0 Å². The van der Waals surface area contributed by atoms with E-state index in [9.17, 15) is 0 Å². The molecule has 1 heterocycles. The summed E-state index contributed by atoms with van der Waals surface area (Å²) in [4.78, 5) is 2.59. The van der Waals surface area contributed by atoms with Crippen LogP contribution in [0.1, 0.15) is 32.8 Å². The van der Waals surface area contributed by atoms with Gasteiger partial charge < -0.3 is 10.5 Å². The first kappa shape index (κ1) is 15.3. The maximum absolute atomic E-state index is 6.15. The molecule has 1 saturated heterocycles. The molecule has 3 nitrogen and oxygen atoms in total. The van der Waals surface area contributed by atoms with Crippen molar-refractivity contribution < 1.29 is 4.74 Å². The predicted octanol–water partition coefficient (Wildman–Crippen LogP) is 2.69. The highest BCUT2D eigenvalue weighted by atomic mass is 16.5. The van der Waals surface area contributed by atoms with E-state index in [0.29, 0.717) is 12.6 Å². The van der Waals surface area contributed by atoms with E-state index in [0.717, 1.165) is 24.6 Å². The summed E-state index contributed by atoms with van der Waals surface area (Å²) in [6, 6.07) is 8.88. The Bertz CT molecular complexity index is 448. The summed E-state index contributed by atoms with van der Waals surface area (Å²) in [6.45, 7) is 8.75. The molecule has 1 aliphatic rings. The second kappa shape index (κ2) is 6.15. The monoisotopic (exact) mass is 276 g/mol. The lowest BCUT2D eigenvalue weighted by Gasteiger charge is -2.41. The van der Waals surface area contributed by atoms with Crippen LogP contribution in [0.4, 0.5) is 0 Å². The third-order valence-corrected chi connectivity index (χ3v) is 4.68. The van der Waals surface area contributed by atoms with Crippen LogP contribution >= 0.6 is 0 Å². The summed E-state index contributed by atoms with van der Waals surface area (Å²) in [7, 11) is 1.74. The summed E-state index contributed by atoms with van der Waals surface area (Å²) in [5.74, 6) is 1.72. The Morgan fingerprint density at radius 3 is 2.60 bits per heavy atom. The lowest BCUT2D eigenvalue weighted by Crippen LogP contribution is -2.54. The van der Waals surface area contributed by atoms with E-state index in [1.54, 1.807) is 7.11 Å². The van der Waals surface area contributed by atoms with Crippen LogP contribution < -0.4 is 10.5 Å². The van der Waals surface area contributed by atoms with E-state index in [-0.39, 0.29) is 5.54 Å². The fourth-order valence-electron chi connectivity index (χ4n) is 3.60. The number of ether oxygens (including phenoxy) is 1. The van der Waals surface area contributed by atoms with Crippen LogP contribution in [0.3, 0.4) is 0 Å². The molecule has 0 spiro atoms. The van der Waals surface area contributed by atoms with Crippen LogP contribution in [-0.2, 0) is 6.42 Å². The highest BCUT2D eigenvalue weighted by molar-refractivity contribution is 5.34. The summed E-state index contributed by atoms with van der Waals surface area (Å²) < 4.78 is 5.49. The molecular weight excluding hydrogens is 248 g/mol. The van der Waals surface area contributed by atoms with Crippen molar-refractivity contribution in [2.45, 2.75) is 45.2 Å². The van der Waals surface area contributed by atoms with Crippen molar-refractivity contribution in [1.29, 1.82) is 0 Å². The second-order valence-corrected chi connectivity index (χ2v) is 6.53. The van der Waals surface area contributed by atoms with Crippen molar-refractivity contribution in [2.24, 2.45) is 11.7 Å². The average Bonchev–Trinajstić information content (AvgIpc) is 2.79. The molecule has 0 saturated carbocycles. The van der Waals surface area contributed by atoms with Crippen LogP contribution in [-0.4, -0.2) is 36.7 Å². The molecule has 20 heavy (non-hydrogen) atoms. The van der Waals surface area contributed by atoms with E-state index in [1.165, 1.54) is 12.0 Å². The maximum Gasteiger partial charge on any atom is 0.122 e. The molecule has 2 N–H and O–H groups in total. The summed E-state index contributed by atoms with van der Waals surface area (Å²) in [5.41, 5.74) is 7.40. The zero-order valence-corrected chi connectivity index (χ0v) is 13.2. The van der Waals surface area contributed by atoms with Gasteiger partial charge in [-0.15, -0.1) is 0 Å². The zero-order chi connectivity index (χ0) is 14.8. The maximum atomic E-state index is 6.15. The Morgan fingerprint density at radius 2 is 2.05 bits per heavy atom. The molecule has 3 heteroatoms. The molecule has 0 amide bonds. The number of para-hydroxylation sites is 1. The Kier molecular flexibility index (Phi) is 4.71. The van der Waals surface area contributed by atoms with Gasteiger partial charge in [0.2, 0.25) is 0 Å². The smallest absolute Gasteiger partial charge is 0.122 e.